The minimum absolute atomic E-state index is 0.254. The highest BCUT2D eigenvalue weighted by atomic mass is 16.5. The lowest BCUT2D eigenvalue weighted by Gasteiger charge is -2.08. The Morgan fingerprint density at radius 1 is 1.09 bits per heavy atom. The lowest BCUT2D eigenvalue weighted by Crippen LogP contribution is -2.34. The number of carbonyl (C=O) groups excluding carboxylic acids is 1. The summed E-state index contributed by atoms with van der Waals surface area (Å²) < 4.78 is 10.3. The molecule has 7 heteroatoms. The van der Waals surface area contributed by atoms with E-state index in [4.69, 9.17) is 9.47 Å². The molecule has 2 heterocycles. The van der Waals surface area contributed by atoms with Crippen LogP contribution in [0.2, 0.25) is 0 Å². The minimum Gasteiger partial charge on any atom is -0.475 e. The number of pyridine rings is 2. The second kappa shape index (κ2) is 9.37. The molecule has 2 rings (SSSR count). The van der Waals surface area contributed by atoms with Gasteiger partial charge in [0.25, 0.3) is 0 Å². The van der Waals surface area contributed by atoms with Crippen LogP contribution in [0.4, 0.5) is 4.79 Å². The van der Waals surface area contributed by atoms with Crippen LogP contribution in [-0.2, 0) is 17.8 Å². The first kappa shape index (κ1) is 16.7. The zero-order valence-corrected chi connectivity index (χ0v) is 13.0. The molecule has 2 amide bonds. The highest BCUT2D eigenvalue weighted by Crippen LogP contribution is 2.07. The Kier molecular flexibility index (Phi) is 6.80. The van der Waals surface area contributed by atoms with E-state index < -0.39 is 0 Å². The molecule has 0 aliphatic heterocycles. The molecule has 7 nitrogen and oxygen atoms in total. The summed E-state index contributed by atoms with van der Waals surface area (Å²) in [6.07, 6.45) is 3.36. The average molecular weight is 316 g/mol. The number of nitrogens with zero attached hydrogens (tertiary/aromatic N) is 2. The van der Waals surface area contributed by atoms with E-state index in [2.05, 4.69) is 20.6 Å². The maximum Gasteiger partial charge on any atom is 0.315 e. The number of hydrogen-bond acceptors (Lipinski definition) is 5. The van der Waals surface area contributed by atoms with E-state index in [0.29, 0.717) is 32.2 Å². The van der Waals surface area contributed by atoms with Gasteiger partial charge in [-0.3, -0.25) is 4.98 Å². The SMILES string of the molecule is COCCOc1ccc(CNC(=O)NCc2ccccn2)cn1. The molecule has 2 N–H and O–H groups in total. The molecule has 0 atom stereocenters. The van der Waals surface area contributed by atoms with Crippen molar-refractivity contribution in [3.05, 3.63) is 54.0 Å². The van der Waals surface area contributed by atoms with Gasteiger partial charge in [0.05, 0.1) is 18.8 Å². The van der Waals surface area contributed by atoms with Gasteiger partial charge < -0.3 is 20.1 Å². The van der Waals surface area contributed by atoms with Crippen LogP contribution in [0.1, 0.15) is 11.3 Å². The van der Waals surface area contributed by atoms with Crippen molar-refractivity contribution >= 4 is 6.03 Å². The Balaban J connectivity index is 1.69. The lowest BCUT2D eigenvalue weighted by molar-refractivity contribution is 0.143. The molecule has 0 saturated heterocycles. The van der Waals surface area contributed by atoms with Crippen LogP contribution in [0.3, 0.4) is 0 Å². The van der Waals surface area contributed by atoms with Gasteiger partial charge >= 0.3 is 6.03 Å². The summed E-state index contributed by atoms with van der Waals surface area (Å²) >= 11 is 0. The summed E-state index contributed by atoms with van der Waals surface area (Å²) in [5, 5.41) is 5.51. The van der Waals surface area contributed by atoms with Gasteiger partial charge in [0.2, 0.25) is 5.88 Å². The summed E-state index contributed by atoms with van der Waals surface area (Å²) in [5.41, 5.74) is 1.69. The van der Waals surface area contributed by atoms with Crippen molar-refractivity contribution in [1.82, 2.24) is 20.6 Å². The largest absolute Gasteiger partial charge is 0.475 e. The molecule has 0 saturated carbocycles. The summed E-state index contributed by atoms with van der Waals surface area (Å²) in [7, 11) is 1.62. The average Bonchev–Trinajstić information content (AvgIpc) is 2.60. The fourth-order valence-electron chi connectivity index (χ4n) is 1.75. The van der Waals surface area contributed by atoms with Crippen molar-refractivity contribution in [2.75, 3.05) is 20.3 Å². The van der Waals surface area contributed by atoms with Gasteiger partial charge in [0.1, 0.15) is 6.61 Å². The molecule has 2 aromatic rings. The molecule has 0 unspecified atom stereocenters. The van der Waals surface area contributed by atoms with Crippen LogP contribution < -0.4 is 15.4 Å². The number of methoxy groups -OCH3 is 1. The highest BCUT2D eigenvalue weighted by Gasteiger charge is 2.02. The Bertz CT molecular complexity index is 590. The van der Waals surface area contributed by atoms with E-state index in [0.717, 1.165) is 11.3 Å². The van der Waals surface area contributed by atoms with Gasteiger partial charge in [-0.25, -0.2) is 9.78 Å². The van der Waals surface area contributed by atoms with Gasteiger partial charge in [-0.05, 0) is 17.7 Å². The Hall–Kier alpha value is -2.67. The van der Waals surface area contributed by atoms with Gasteiger partial charge in [0.15, 0.2) is 0 Å². The maximum absolute atomic E-state index is 11.7. The molecule has 0 spiro atoms. The van der Waals surface area contributed by atoms with E-state index in [1.54, 1.807) is 25.6 Å². The Labute approximate surface area is 135 Å². The maximum atomic E-state index is 11.7. The molecule has 0 aliphatic rings. The predicted molar refractivity (Wildman–Crippen MR) is 84.9 cm³/mol. The van der Waals surface area contributed by atoms with E-state index in [-0.39, 0.29) is 6.03 Å². The molecule has 122 valence electrons. The first-order valence-corrected chi connectivity index (χ1v) is 7.26. The predicted octanol–water partition coefficient (Wildman–Crippen LogP) is 1.50. The Morgan fingerprint density at radius 2 is 1.96 bits per heavy atom. The monoisotopic (exact) mass is 316 g/mol. The number of ether oxygens (including phenoxy) is 2. The standard InChI is InChI=1S/C16H20N4O3/c1-22-8-9-23-15-6-5-13(10-18-15)11-19-16(21)20-12-14-4-2-3-7-17-14/h2-7,10H,8-9,11-12H2,1H3,(H2,19,20,21). The van der Waals surface area contributed by atoms with Crippen LogP contribution >= 0.6 is 0 Å². The third kappa shape index (κ3) is 6.31. The third-order valence-corrected chi connectivity index (χ3v) is 2.94. The van der Waals surface area contributed by atoms with Crippen LogP contribution in [0, 0.1) is 0 Å². The third-order valence-electron chi connectivity index (χ3n) is 2.94. The van der Waals surface area contributed by atoms with E-state index in [1.807, 2.05) is 24.3 Å². The number of hydrogen-bond donors (Lipinski definition) is 2. The van der Waals surface area contributed by atoms with Crippen molar-refractivity contribution in [1.29, 1.82) is 0 Å². The van der Waals surface area contributed by atoms with E-state index in [1.165, 1.54) is 0 Å². The topological polar surface area (TPSA) is 85.4 Å². The summed E-state index contributed by atoms with van der Waals surface area (Å²) in [4.78, 5) is 20.0. The molecule has 0 bridgehead atoms. The van der Waals surface area contributed by atoms with E-state index >= 15 is 0 Å². The van der Waals surface area contributed by atoms with Crippen molar-refractivity contribution in [3.8, 4) is 5.88 Å². The van der Waals surface area contributed by atoms with Gasteiger partial charge in [-0.1, -0.05) is 12.1 Å². The quantitative estimate of drug-likeness (QED) is 0.721. The van der Waals surface area contributed by atoms with Crippen molar-refractivity contribution < 1.29 is 14.3 Å². The zero-order valence-electron chi connectivity index (χ0n) is 13.0. The fraction of sp³-hybridized carbons (Fsp3) is 0.312. The number of urea groups is 1. The highest BCUT2D eigenvalue weighted by molar-refractivity contribution is 5.73. The second-order valence-corrected chi connectivity index (χ2v) is 4.70. The van der Waals surface area contributed by atoms with Crippen LogP contribution in [0.25, 0.3) is 0 Å². The molecule has 0 radical (unpaired) electrons. The molecule has 0 fully saturated rings. The van der Waals surface area contributed by atoms with Crippen LogP contribution in [0.5, 0.6) is 5.88 Å². The molecule has 2 aromatic heterocycles. The molecule has 23 heavy (non-hydrogen) atoms. The first-order chi connectivity index (χ1) is 11.3. The lowest BCUT2D eigenvalue weighted by atomic mass is 10.3. The van der Waals surface area contributed by atoms with Gasteiger partial charge in [-0.15, -0.1) is 0 Å². The first-order valence-electron chi connectivity index (χ1n) is 7.26. The number of rotatable bonds is 8. The van der Waals surface area contributed by atoms with Crippen molar-refractivity contribution in [3.63, 3.8) is 0 Å². The molecular formula is C16H20N4O3. The van der Waals surface area contributed by atoms with Gasteiger partial charge in [-0.2, -0.15) is 0 Å². The number of amides is 2. The number of carbonyl (C=O) groups is 1. The van der Waals surface area contributed by atoms with Crippen LogP contribution in [0.15, 0.2) is 42.7 Å². The van der Waals surface area contributed by atoms with Gasteiger partial charge in [0, 0.05) is 32.1 Å². The molecule has 0 aromatic carbocycles. The fourth-order valence-corrected chi connectivity index (χ4v) is 1.75. The number of aromatic nitrogens is 2. The Morgan fingerprint density at radius 3 is 2.65 bits per heavy atom. The summed E-state index contributed by atoms with van der Waals surface area (Å²) in [5.74, 6) is 0.533. The summed E-state index contributed by atoms with van der Waals surface area (Å²) in [6.45, 7) is 1.75. The second-order valence-electron chi connectivity index (χ2n) is 4.70. The van der Waals surface area contributed by atoms with Crippen molar-refractivity contribution in [2.45, 2.75) is 13.1 Å². The van der Waals surface area contributed by atoms with Crippen LogP contribution in [-0.4, -0.2) is 36.3 Å². The smallest absolute Gasteiger partial charge is 0.315 e. The summed E-state index contributed by atoms with van der Waals surface area (Å²) in [6, 6.07) is 8.93. The normalized spacial score (nSPS) is 10.1. The van der Waals surface area contributed by atoms with E-state index in [9.17, 15) is 4.79 Å². The molecule has 0 aliphatic carbocycles. The number of nitrogens with one attached hydrogen (secondary N) is 2. The van der Waals surface area contributed by atoms with Crippen molar-refractivity contribution in [2.24, 2.45) is 0 Å². The minimum atomic E-state index is -0.254. The molecular weight excluding hydrogens is 296 g/mol. The zero-order chi connectivity index (χ0) is 16.3.